The number of hydrogen-bond acceptors (Lipinski definition) is 4. The van der Waals surface area contributed by atoms with Gasteiger partial charge in [-0.05, 0) is 25.0 Å². The van der Waals surface area contributed by atoms with Gasteiger partial charge < -0.3 is 20.4 Å². The molecule has 1 aliphatic rings. The molecule has 3 N–H and O–H groups in total. The number of amides is 1. The lowest BCUT2D eigenvalue weighted by Gasteiger charge is -2.25. The SMILES string of the molecule is CCCOc1cccc2c1nc(N)n2C1CCC(=O)NC1. The number of piperidine rings is 1. The smallest absolute Gasteiger partial charge is 0.220 e. The van der Waals surface area contributed by atoms with E-state index in [9.17, 15) is 4.79 Å². The van der Waals surface area contributed by atoms with Crippen LogP contribution >= 0.6 is 0 Å². The maximum Gasteiger partial charge on any atom is 0.220 e. The molecule has 6 heteroatoms. The van der Waals surface area contributed by atoms with Gasteiger partial charge in [-0.1, -0.05) is 13.0 Å². The van der Waals surface area contributed by atoms with Crippen molar-refractivity contribution in [1.82, 2.24) is 14.9 Å². The third-order valence-electron chi connectivity index (χ3n) is 3.78. The molecule has 3 rings (SSSR count). The summed E-state index contributed by atoms with van der Waals surface area (Å²) < 4.78 is 7.75. The van der Waals surface area contributed by atoms with Crippen LogP contribution in [0.3, 0.4) is 0 Å². The lowest BCUT2D eigenvalue weighted by Crippen LogP contribution is -2.36. The van der Waals surface area contributed by atoms with Crippen LogP contribution in [0.25, 0.3) is 11.0 Å². The highest BCUT2D eigenvalue weighted by molar-refractivity contribution is 5.85. The van der Waals surface area contributed by atoms with Crippen LogP contribution in [0.1, 0.15) is 32.2 Å². The van der Waals surface area contributed by atoms with Gasteiger partial charge in [0.15, 0.2) is 0 Å². The lowest BCUT2D eigenvalue weighted by molar-refractivity contribution is -0.122. The van der Waals surface area contributed by atoms with Crippen molar-refractivity contribution in [1.29, 1.82) is 0 Å². The highest BCUT2D eigenvalue weighted by Gasteiger charge is 2.24. The second kappa shape index (κ2) is 5.63. The highest BCUT2D eigenvalue weighted by atomic mass is 16.5. The fourth-order valence-electron chi connectivity index (χ4n) is 2.76. The number of hydrogen-bond donors (Lipinski definition) is 2. The van der Waals surface area contributed by atoms with Gasteiger partial charge in [-0.3, -0.25) is 4.79 Å². The van der Waals surface area contributed by atoms with Crippen LogP contribution in [-0.2, 0) is 4.79 Å². The molecule has 1 aromatic carbocycles. The normalized spacial score (nSPS) is 18.7. The Balaban J connectivity index is 1.99. The number of imidazole rings is 1. The number of para-hydroxylation sites is 1. The molecular weight excluding hydrogens is 268 g/mol. The number of carbonyl (C=O) groups is 1. The van der Waals surface area contributed by atoms with E-state index in [0.29, 0.717) is 25.5 Å². The van der Waals surface area contributed by atoms with Crippen LogP contribution in [0.4, 0.5) is 5.95 Å². The summed E-state index contributed by atoms with van der Waals surface area (Å²) >= 11 is 0. The number of rotatable bonds is 4. The van der Waals surface area contributed by atoms with Crippen molar-refractivity contribution in [3.63, 3.8) is 0 Å². The number of nitrogens with zero attached hydrogens (tertiary/aromatic N) is 2. The van der Waals surface area contributed by atoms with Crippen LogP contribution in [0.5, 0.6) is 5.75 Å². The number of nitrogens with two attached hydrogens (primary N) is 1. The molecule has 0 bridgehead atoms. The molecule has 0 spiro atoms. The molecule has 0 saturated carbocycles. The first-order valence-electron chi connectivity index (χ1n) is 7.36. The zero-order chi connectivity index (χ0) is 14.8. The predicted octanol–water partition coefficient (Wildman–Crippen LogP) is 1.86. The fourth-order valence-corrected chi connectivity index (χ4v) is 2.76. The molecule has 1 amide bonds. The van der Waals surface area contributed by atoms with Crippen molar-refractivity contribution in [2.24, 2.45) is 0 Å². The van der Waals surface area contributed by atoms with E-state index in [1.54, 1.807) is 0 Å². The van der Waals surface area contributed by atoms with Crippen LogP contribution in [0.15, 0.2) is 18.2 Å². The van der Waals surface area contributed by atoms with Crippen molar-refractivity contribution < 1.29 is 9.53 Å². The number of aromatic nitrogens is 2. The number of ether oxygens (including phenoxy) is 1. The number of nitrogens with one attached hydrogen (secondary N) is 1. The lowest BCUT2D eigenvalue weighted by atomic mass is 10.1. The summed E-state index contributed by atoms with van der Waals surface area (Å²) in [6.07, 6.45) is 2.25. The quantitative estimate of drug-likeness (QED) is 0.899. The van der Waals surface area contributed by atoms with Gasteiger partial charge in [0, 0.05) is 13.0 Å². The Morgan fingerprint density at radius 3 is 3.10 bits per heavy atom. The molecule has 1 unspecified atom stereocenters. The number of carbonyl (C=O) groups excluding carboxylic acids is 1. The molecule has 21 heavy (non-hydrogen) atoms. The Labute approximate surface area is 123 Å². The topological polar surface area (TPSA) is 82.2 Å². The Bertz CT molecular complexity index is 655. The molecule has 0 radical (unpaired) electrons. The number of fused-ring (bicyclic) bond motifs is 1. The van der Waals surface area contributed by atoms with Crippen molar-refractivity contribution in [2.75, 3.05) is 18.9 Å². The monoisotopic (exact) mass is 288 g/mol. The third-order valence-corrected chi connectivity index (χ3v) is 3.78. The number of benzene rings is 1. The second-order valence-corrected chi connectivity index (χ2v) is 5.31. The fraction of sp³-hybridized carbons (Fsp3) is 0.467. The van der Waals surface area contributed by atoms with E-state index in [0.717, 1.165) is 29.6 Å². The van der Waals surface area contributed by atoms with Crippen LogP contribution in [0.2, 0.25) is 0 Å². The van der Waals surface area contributed by atoms with Crippen LogP contribution < -0.4 is 15.8 Å². The van der Waals surface area contributed by atoms with Crippen molar-refractivity contribution in [3.8, 4) is 5.75 Å². The maximum absolute atomic E-state index is 11.3. The summed E-state index contributed by atoms with van der Waals surface area (Å²) in [5, 5.41) is 2.89. The Kier molecular flexibility index (Phi) is 3.68. The molecule has 2 aromatic rings. The zero-order valence-corrected chi connectivity index (χ0v) is 12.1. The van der Waals surface area contributed by atoms with Gasteiger partial charge in [0.1, 0.15) is 11.3 Å². The molecule has 1 aromatic heterocycles. The number of nitrogen functional groups attached to an aromatic ring is 1. The molecule has 1 fully saturated rings. The molecule has 112 valence electrons. The minimum absolute atomic E-state index is 0.0983. The minimum atomic E-state index is 0.0983. The van der Waals surface area contributed by atoms with E-state index in [1.165, 1.54) is 0 Å². The third kappa shape index (κ3) is 2.53. The van der Waals surface area contributed by atoms with Crippen LogP contribution in [0, 0.1) is 0 Å². The summed E-state index contributed by atoms with van der Waals surface area (Å²) in [6, 6.07) is 6.01. The molecule has 1 saturated heterocycles. The van der Waals surface area contributed by atoms with Gasteiger partial charge in [0.05, 0.1) is 18.2 Å². The summed E-state index contributed by atoms with van der Waals surface area (Å²) in [5.41, 5.74) is 7.85. The highest BCUT2D eigenvalue weighted by Crippen LogP contribution is 2.31. The Morgan fingerprint density at radius 1 is 1.52 bits per heavy atom. The maximum atomic E-state index is 11.3. The van der Waals surface area contributed by atoms with E-state index < -0.39 is 0 Å². The first-order valence-corrected chi connectivity index (χ1v) is 7.36. The first kappa shape index (κ1) is 13.7. The van der Waals surface area contributed by atoms with Crippen molar-refractivity contribution in [3.05, 3.63) is 18.2 Å². The summed E-state index contributed by atoms with van der Waals surface area (Å²) in [6.45, 7) is 3.32. The molecule has 2 heterocycles. The van der Waals surface area contributed by atoms with Gasteiger partial charge in [0.2, 0.25) is 11.9 Å². The second-order valence-electron chi connectivity index (χ2n) is 5.31. The minimum Gasteiger partial charge on any atom is -0.491 e. The molecule has 6 nitrogen and oxygen atoms in total. The standard InChI is InChI=1S/C15H20N4O2/c1-2-8-21-12-5-3-4-11-14(12)18-15(16)19(11)10-6-7-13(20)17-9-10/h3-5,10H,2,6-9H2,1H3,(H2,16,18)(H,17,20). The molecule has 0 aliphatic carbocycles. The van der Waals surface area contributed by atoms with Crippen molar-refractivity contribution >= 4 is 22.9 Å². The van der Waals surface area contributed by atoms with E-state index in [1.807, 2.05) is 22.8 Å². The van der Waals surface area contributed by atoms with Gasteiger partial charge >= 0.3 is 0 Å². The van der Waals surface area contributed by atoms with Crippen LogP contribution in [-0.4, -0.2) is 28.6 Å². The van der Waals surface area contributed by atoms with Gasteiger partial charge in [0.25, 0.3) is 0 Å². The number of anilines is 1. The predicted molar refractivity (Wildman–Crippen MR) is 81.2 cm³/mol. The average Bonchev–Trinajstić information content (AvgIpc) is 2.83. The van der Waals surface area contributed by atoms with E-state index in [2.05, 4.69) is 17.2 Å². The summed E-state index contributed by atoms with van der Waals surface area (Å²) in [4.78, 5) is 15.8. The molecule has 1 aliphatic heterocycles. The molecule has 1 atom stereocenters. The van der Waals surface area contributed by atoms with E-state index >= 15 is 0 Å². The first-order chi connectivity index (χ1) is 10.2. The van der Waals surface area contributed by atoms with E-state index in [4.69, 9.17) is 10.5 Å². The van der Waals surface area contributed by atoms with Gasteiger partial charge in [-0.15, -0.1) is 0 Å². The molecular formula is C15H20N4O2. The largest absolute Gasteiger partial charge is 0.491 e. The zero-order valence-electron chi connectivity index (χ0n) is 12.1. The van der Waals surface area contributed by atoms with E-state index in [-0.39, 0.29) is 11.9 Å². The Hall–Kier alpha value is -2.24. The Morgan fingerprint density at radius 2 is 2.38 bits per heavy atom. The summed E-state index contributed by atoms with van der Waals surface area (Å²) in [7, 11) is 0. The summed E-state index contributed by atoms with van der Waals surface area (Å²) in [5.74, 6) is 1.33. The van der Waals surface area contributed by atoms with Gasteiger partial charge in [-0.2, -0.15) is 0 Å². The average molecular weight is 288 g/mol. The van der Waals surface area contributed by atoms with Crippen molar-refractivity contribution in [2.45, 2.75) is 32.2 Å². The van der Waals surface area contributed by atoms with Gasteiger partial charge in [-0.25, -0.2) is 4.98 Å².